The van der Waals surface area contributed by atoms with E-state index in [0.717, 1.165) is 0 Å². The van der Waals surface area contributed by atoms with Crippen molar-refractivity contribution in [2.24, 2.45) is 0 Å². The van der Waals surface area contributed by atoms with Crippen molar-refractivity contribution < 1.29 is 43.2 Å². The molecule has 0 rings (SSSR count). The van der Waals surface area contributed by atoms with Gasteiger partial charge in [0.2, 0.25) is 0 Å². The average molecular weight is 302 g/mol. The third-order valence-electron chi connectivity index (χ3n) is 0. The molecule has 0 N–H and O–H groups in total. The van der Waals surface area contributed by atoms with Crippen LogP contribution in [0.25, 0.3) is 0 Å². The summed E-state index contributed by atoms with van der Waals surface area (Å²) >= 11 is 0. The monoisotopic (exact) mass is 302 g/mol. The molecule has 0 bridgehead atoms. The van der Waals surface area contributed by atoms with Crippen LogP contribution in [0.3, 0.4) is 0 Å². The van der Waals surface area contributed by atoms with Crippen molar-refractivity contribution in [1.82, 2.24) is 0 Å². The summed E-state index contributed by atoms with van der Waals surface area (Å²) in [5.41, 5.74) is 0. The van der Waals surface area contributed by atoms with Crippen LogP contribution in [0.15, 0.2) is 0 Å². The molecule has 0 nitrogen and oxygen atoms in total. The van der Waals surface area contributed by atoms with Crippen molar-refractivity contribution >= 4 is 75.0 Å². The van der Waals surface area contributed by atoms with Gasteiger partial charge in [0.1, 0.15) is 0 Å². The third kappa shape index (κ3) is 18.6. The van der Waals surface area contributed by atoms with Gasteiger partial charge in [0.15, 0.2) is 0 Å². The first-order chi connectivity index (χ1) is 0. The Morgan fingerprint density at radius 1 is 0.800 bits per heavy atom. The minimum atomic E-state index is 0. The molecule has 0 saturated carbocycles. The van der Waals surface area contributed by atoms with Crippen molar-refractivity contribution in [3.63, 3.8) is 0 Å². The van der Waals surface area contributed by atoms with Gasteiger partial charge in [-0.25, -0.2) is 0 Å². The van der Waals surface area contributed by atoms with Crippen LogP contribution >= 0.6 is 37.2 Å². The SMILES string of the molecule is Cl.Cl.Cl.[Ca+2].[H-].[H-].[Sm]. The fraction of sp³-hybridized carbons (Fsp3) is 0. The summed E-state index contributed by atoms with van der Waals surface area (Å²) in [5, 5.41) is 0. The van der Waals surface area contributed by atoms with Gasteiger partial charge in [-0.2, -0.15) is 0 Å². The number of rotatable bonds is 0. The quantitative estimate of drug-likeness (QED) is 0.588. The topological polar surface area (TPSA) is 0 Å². The summed E-state index contributed by atoms with van der Waals surface area (Å²) in [6, 6.07) is 0. The van der Waals surface area contributed by atoms with Gasteiger partial charge in [-0.05, 0) is 0 Å². The van der Waals surface area contributed by atoms with Gasteiger partial charge in [-0.15, -0.1) is 37.2 Å². The summed E-state index contributed by atoms with van der Waals surface area (Å²) in [6.45, 7) is 0. The van der Waals surface area contributed by atoms with Gasteiger partial charge in [0, 0.05) is 40.4 Å². The minimum absolute atomic E-state index is 0. The van der Waals surface area contributed by atoms with Crippen LogP contribution < -0.4 is 0 Å². The predicted molar refractivity (Wildman–Crippen MR) is 29.7 cm³/mol. The van der Waals surface area contributed by atoms with E-state index in [1.807, 2.05) is 0 Å². The van der Waals surface area contributed by atoms with E-state index in [9.17, 15) is 0 Å². The maximum Gasteiger partial charge on any atom is 2.00 e. The molecule has 5 heavy (non-hydrogen) atoms. The zero-order valence-electron chi connectivity index (χ0n) is 4.34. The smallest absolute Gasteiger partial charge is 1.00 e. The first-order valence-corrected chi connectivity index (χ1v) is 0. The van der Waals surface area contributed by atoms with Crippen molar-refractivity contribution in [1.29, 1.82) is 0 Å². The molecule has 0 aromatic carbocycles. The van der Waals surface area contributed by atoms with Gasteiger partial charge in [0.25, 0.3) is 0 Å². The Kier molecular flexibility index (Phi) is 204. The van der Waals surface area contributed by atoms with E-state index in [1.165, 1.54) is 0 Å². The maximum absolute atomic E-state index is 0. The van der Waals surface area contributed by atoms with Gasteiger partial charge in [0.05, 0.1) is 0 Å². The van der Waals surface area contributed by atoms with Gasteiger partial charge < -0.3 is 2.85 Å². The fourth-order valence-corrected chi connectivity index (χ4v) is 0. The molecule has 0 atom stereocenters. The number of hydrogen-bond donors (Lipinski definition) is 0. The molecule has 0 spiro atoms. The second kappa shape index (κ2) is 26.0. The molecular weight excluding hydrogens is 297 g/mol. The van der Waals surface area contributed by atoms with Crippen LogP contribution in [0.4, 0.5) is 0 Å². The first kappa shape index (κ1) is 39.3. The summed E-state index contributed by atoms with van der Waals surface area (Å²) in [7, 11) is 0. The van der Waals surface area contributed by atoms with E-state index in [4.69, 9.17) is 0 Å². The number of halogens is 3. The average Bonchev–Trinajstić information content (AvgIpc) is 0. The summed E-state index contributed by atoms with van der Waals surface area (Å²) in [5.74, 6) is 0. The Labute approximate surface area is 116 Å². The van der Waals surface area contributed by atoms with E-state index >= 15 is 0 Å². The van der Waals surface area contributed by atoms with Gasteiger partial charge in [-0.1, -0.05) is 0 Å². The molecule has 0 saturated heterocycles. The molecule has 5 heteroatoms. The van der Waals surface area contributed by atoms with Crippen LogP contribution in [0, 0.1) is 40.4 Å². The van der Waals surface area contributed by atoms with Crippen LogP contribution in [0.1, 0.15) is 2.85 Å². The number of hydrogen-bond acceptors (Lipinski definition) is 0. The molecule has 0 aliphatic heterocycles. The summed E-state index contributed by atoms with van der Waals surface area (Å²) in [6.07, 6.45) is 0. The van der Waals surface area contributed by atoms with Crippen molar-refractivity contribution in [2.75, 3.05) is 0 Å². The van der Waals surface area contributed by atoms with E-state index in [0.29, 0.717) is 0 Å². The minimum Gasteiger partial charge on any atom is -1.00 e. The Bertz CT molecular complexity index is 12.9. The second-order valence-electron chi connectivity index (χ2n) is 0. The Balaban J connectivity index is 0. The van der Waals surface area contributed by atoms with Crippen molar-refractivity contribution in [3.05, 3.63) is 0 Å². The predicted octanol–water partition coefficient (Wildman–Crippen LogP) is 1.11. The van der Waals surface area contributed by atoms with E-state index in [1.54, 1.807) is 0 Å². The molecule has 0 radical (unpaired) electrons. The molecule has 0 aliphatic rings. The van der Waals surface area contributed by atoms with E-state index < -0.39 is 0 Å². The van der Waals surface area contributed by atoms with Gasteiger partial charge in [-0.3, -0.25) is 0 Å². The van der Waals surface area contributed by atoms with Crippen LogP contribution in [0.2, 0.25) is 0 Å². The summed E-state index contributed by atoms with van der Waals surface area (Å²) in [4.78, 5) is 0. The van der Waals surface area contributed by atoms with Crippen molar-refractivity contribution in [3.8, 4) is 0 Å². The largest absolute Gasteiger partial charge is 2.00 e. The standard InChI is InChI=1S/Ca.3ClH.Sm.2H/h;3*1H;;;/q+2;;;;;2*-1. The zero-order valence-corrected chi connectivity index (χ0v) is 9.62. The molecule has 0 aromatic rings. The van der Waals surface area contributed by atoms with E-state index in [-0.39, 0.29) is 118 Å². The molecule has 0 unspecified atom stereocenters. The maximum atomic E-state index is 0. The van der Waals surface area contributed by atoms with Gasteiger partial charge >= 0.3 is 37.7 Å². The molecule has 34 valence electrons. The van der Waals surface area contributed by atoms with E-state index in [2.05, 4.69) is 0 Å². The van der Waals surface area contributed by atoms with Crippen LogP contribution in [-0.4, -0.2) is 37.7 Å². The molecule has 0 heterocycles. The molecule has 0 amide bonds. The Morgan fingerprint density at radius 3 is 0.800 bits per heavy atom. The summed E-state index contributed by atoms with van der Waals surface area (Å²) < 4.78 is 0. The van der Waals surface area contributed by atoms with Crippen molar-refractivity contribution in [2.45, 2.75) is 0 Å². The first-order valence-electron chi connectivity index (χ1n) is 0. The Hall–Kier alpha value is 3.47. The molecular formula is H5CaCl3Sm. The normalized spacial score (nSPS) is 0. The van der Waals surface area contributed by atoms with Crippen LogP contribution in [0.5, 0.6) is 0 Å². The third-order valence-corrected chi connectivity index (χ3v) is 0. The molecule has 0 fully saturated rings. The molecule has 0 aliphatic carbocycles. The van der Waals surface area contributed by atoms with Crippen LogP contribution in [-0.2, 0) is 0 Å². The Morgan fingerprint density at radius 2 is 0.800 bits per heavy atom. The fourth-order valence-electron chi connectivity index (χ4n) is 0. The molecule has 0 aromatic heterocycles. The zero-order chi connectivity index (χ0) is 0. The second-order valence-corrected chi connectivity index (χ2v) is 0.